The van der Waals surface area contributed by atoms with Crippen molar-refractivity contribution in [1.82, 2.24) is 4.98 Å². The van der Waals surface area contributed by atoms with Gasteiger partial charge in [0.1, 0.15) is 5.01 Å². The van der Waals surface area contributed by atoms with Gasteiger partial charge in [0, 0.05) is 10.9 Å². The molecule has 1 atom stereocenters. The van der Waals surface area contributed by atoms with Gasteiger partial charge < -0.3 is 5.73 Å². The molecule has 2 N–H and O–H groups in total. The standard InChI is InChI=1S/C16H22N2S/c1-5-6-13(17)16-18-14(9-19-16)15-11(3)7-10(2)8-12(15)4/h7-9,13H,5-6,17H2,1-4H3. The Morgan fingerprint density at radius 1 is 1.21 bits per heavy atom. The van der Waals surface area contributed by atoms with Crippen LogP contribution in [0.1, 0.15) is 47.5 Å². The highest BCUT2D eigenvalue weighted by Crippen LogP contribution is 2.31. The van der Waals surface area contributed by atoms with E-state index in [-0.39, 0.29) is 6.04 Å². The summed E-state index contributed by atoms with van der Waals surface area (Å²) < 4.78 is 0. The fourth-order valence-corrected chi connectivity index (χ4v) is 3.44. The molecule has 3 heteroatoms. The Morgan fingerprint density at radius 3 is 2.42 bits per heavy atom. The Morgan fingerprint density at radius 2 is 1.84 bits per heavy atom. The Hall–Kier alpha value is -1.19. The maximum Gasteiger partial charge on any atom is 0.110 e. The molecule has 0 saturated carbocycles. The lowest BCUT2D eigenvalue weighted by Gasteiger charge is -2.09. The Bertz CT molecular complexity index is 549. The fourth-order valence-electron chi connectivity index (χ4n) is 2.59. The normalized spacial score (nSPS) is 12.7. The lowest BCUT2D eigenvalue weighted by molar-refractivity contribution is 0.635. The van der Waals surface area contributed by atoms with Gasteiger partial charge in [-0.05, 0) is 38.3 Å². The first-order chi connectivity index (χ1) is 9.02. The zero-order valence-electron chi connectivity index (χ0n) is 12.2. The van der Waals surface area contributed by atoms with Crippen LogP contribution in [-0.2, 0) is 0 Å². The molecule has 2 aromatic rings. The molecule has 1 aromatic heterocycles. The van der Waals surface area contributed by atoms with Crippen LogP contribution in [0.15, 0.2) is 17.5 Å². The summed E-state index contributed by atoms with van der Waals surface area (Å²) in [6, 6.07) is 4.51. The number of nitrogens with zero attached hydrogens (tertiary/aromatic N) is 1. The predicted molar refractivity (Wildman–Crippen MR) is 83.6 cm³/mol. The summed E-state index contributed by atoms with van der Waals surface area (Å²) in [7, 11) is 0. The number of benzene rings is 1. The molecule has 0 fully saturated rings. The summed E-state index contributed by atoms with van der Waals surface area (Å²) in [5, 5.41) is 3.19. The number of rotatable bonds is 4. The first kappa shape index (κ1) is 14.2. The highest BCUT2D eigenvalue weighted by molar-refractivity contribution is 7.10. The van der Waals surface area contributed by atoms with Gasteiger partial charge in [-0.1, -0.05) is 31.0 Å². The van der Waals surface area contributed by atoms with E-state index in [0.29, 0.717) is 0 Å². The highest BCUT2D eigenvalue weighted by Gasteiger charge is 2.14. The molecule has 0 spiro atoms. The van der Waals surface area contributed by atoms with Crippen molar-refractivity contribution in [3.05, 3.63) is 39.2 Å². The van der Waals surface area contributed by atoms with E-state index in [1.165, 1.54) is 22.3 Å². The quantitative estimate of drug-likeness (QED) is 0.889. The molecule has 1 aromatic carbocycles. The van der Waals surface area contributed by atoms with Crippen molar-refractivity contribution in [2.45, 2.75) is 46.6 Å². The van der Waals surface area contributed by atoms with E-state index in [0.717, 1.165) is 23.5 Å². The second-order valence-corrected chi connectivity index (χ2v) is 6.13. The lowest BCUT2D eigenvalue weighted by atomic mass is 9.98. The largest absolute Gasteiger partial charge is 0.322 e. The molecular weight excluding hydrogens is 252 g/mol. The minimum atomic E-state index is 0.0785. The van der Waals surface area contributed by atoms with Gasteiger partial charge in [0.05, 0.1) is 11.7 Å². The lowest BCUT2D eigenvalue weighted by Crippen LogP contribution is -2.09. The van der Waals surface area contributed by atoms with Crippen LogP contribution < -0.4 is 5.73 Å². The second kappa shape index (κ2) is 5.85. The summed E-state index contributed by atoms with van der Waals surface area (Å²) in [5.74, 6) is 0. The monoisotopic (exact) mass is 274 g/mol. The molecule has 0 aliphatic heterocycles. The van der Waals surface area contributed by atoms with Crippen LogP contribution in [0, 0.1) is 20.8 Å². The molecule has 0 bridgehead atoms. The fraction of sp³-hybridized carbons (Fsp3) is 0.438. The third-order valence-electron chi connectivity index (χ3n) is 3.37. The van der Waals surface area contributed by atoms with Crippen LogP contribution in [0.4, 0.5) is 0 Å². The topological polar surface area (TPSA) is 38.9 Å². The number of hydrogen-bond donors (Lipinski definition) is 1. The SMILES string of the molecule is CCCC(N)c1nc(-c2c(C)cc(C)cc2C)cs1. The molecule has 0 amide bonds. The van der Waals surface area contributed by atoms with Crippen molar-refractivity contribution in [3.8, 4) is 11.3 Å². The van der Waals surface area contributed by atoms with E-state index in [2.05, 4.69) is 45.2 Å². The predicted octanol–water partition coefficient (Wildman–Crippen LogP) is 4.54. The summed E-state index contributed by atoms with van der Waals surface area (Å²) in [4.78, 5) is 4.74. The molecule has 1 heterocycles. The maximum absolute atomic E-state index is 6.15. The second-order valence-electron chi connectivity index (χ2n) is 5.24. The molecule has 0 aliphatic carbocycles. The van der Waals surface area contributed by atoms with Gasteiger partial charge in [0.2, 0.25) is 0 Å². The van der Waals surface area contributed by atoms with Crippen LogP contribution in [0.2, 0.25) is 0 Å². The highest BCUT2D eigenvalue weighted by atomic mass is 32.1. The van der Waals surface area contributed by atoms with Gasteiger partial charge in [-0.2, -0.15) is 0 Å². The number of aryl methyl sites for hydroxylation is 3. The molecule has 2 nitrogen and oxygen atoms in total. The van der Waals surface area contributed by atoms with Gasteiger partial charge in [-0.15, -0.1) is 11.3 Å². The third kappa shape index (κ3) is 3.04. The summed E-state index contributed by atoms with van der Waals surface area (Å²) in [6.45, 7) is 8.59. The van der Waals surface area contributed by atoms with E-state index in [1.54, 1.807) is 11.3 Å². The molecule has 0 saturated heterocycles. The molecule has 1 unspecified atom stereocenters. The van der Waals surface area contributed by atoms with Crippen LogP contribution in [0.25, 0.3) is 11.3 Å². The molecule has 0 aliphatic rings. The van der Waals surface area contributed by atoms with Crippen molar-refractivity contribution >= 4 is 11.3 Å². The number of aromatic nitrogens is 1. The molecule has 19 heavy (non-hydrogen) atoms. The van der Waals surface area contributed by atoms with E-state index in [9.17, 15) is 0 Å². The van der Waals surface area contributed by atoms with Crippen LogP contribution in [0.3, 0.4) is 0 Å². The van der Waals surface area contributed by atoms with E-state index in [4.69, 9.17) is 10.7 Å². The van der Waals surface area contributed by atoms with Crippen LogP contribution in [-0.4, -0.2) is 4.98 Å². The van der Waals surface area contributed by atoms with Crippen LogP contribution >= 0.6 is 11.3 Å². The van der Waals surface area contributed by atoms with Crippen LogP contribution in [0.5, 0.6) is 0 Å². The molecule has 0 radical (unpaired) electrons. The van der Waals surface area contributed by atoms with E-state index < -0.39 is 0 Å². The third-order valence-corrected chi connectivity index (χ3v) is 4.35. The first-order valence-electron chi connectivity index (χ1n) is 6.82. The van der Waals surface area contributed by atoms with Gasteiger partial charge in [-0.3, -0.25) is 0 Å². The van der Waals surface area contributed by atoms with Gasteiger partial charge in [0.15, 0.2) is 0 Å². The smallest absolute Gasteiger partial charge is 0.110 e. The zero-order valence-corrected chi connectivity index (χ0v) is 13.0. The Balaban J connectivity index is 2.38. The number of hydrogen-bond acceptors (Lipinski definition) is 3. The van der Waals surface area contributed by atoms with Crippen molar-refractivity contribution in [2.75, 3.05) is 0 Å². The van der Waals surface area contributed by atoms with Gasteiger partial charge in [0.25, 0.3) is 0 Å². The molecule has 2 rings (SSSR count). The van der Waals surface area contributed by atoms with Crippen molar-refractivity contribution in [2.24, 2.45) is 5.73 Å². The number of nitrogens with two attached hydrogens (primary N) is 1. The average molecular weight is 274 g/mol. The first-order valence-corrected chi connectivity index (χ1v) is 7.70. The van der Waals surface area contributed by atoms with Crippen molar-refractivity contribution in [1.29, 1.82) is 0 Å². The molecule has 102 valence electrons. The zero-order chi connectivity index (χ0) is 14.0. The average Bonchev–Trinajstić information content (AvgIpc) is 2.77. The van der Waals surface area contributed by atoms with Gasteiger partial charge in [-0.25, -0.2) is 4.98 Å². The summed E-state index contributed by atoms with van der Waals surface area (Å²) in [6.07, 6.45) is 2.09. The van der Waals surface area contributed by atoms with Gasteiger partial charge >= 0.3 is 0 Å². The Labute approximate surface area is 119 Å². The number of thiazole rings is 1. The Kier molecular flexibility index (Phi) is 4.38. The summed E-state index contributed by atoms with van der Waals surface area (Å²) in [5.41, 5.74) is 12.4. The van der Waals surface area contributed by atoms with Crippen molar-refractivity contribution < 1.29 is 0 Å². The van der Waals surface area contributed by atoms with E-state index in [1.807, 2.05) is 0 Å². The van der Waals surface area contributed by atoms with E-state index >= 15 is 0 Å². The maximum atomic E-state index is 6.15. The van der Waals surface area contributed by atoms with Crippen molar-refractivity contribution in [3.63, 3.8) is 0 Å². The summed E-state index contributed by atoms with van der Waals surface area (Å²) >= 11 is 1.68. The minimum absolute atomic E-state index is 0.0785. The molecular formula is C16H22N2S. The minimum Gasteiger partial charge on any atom is -0.322 e.